The van der Waals surface area contributed by atoms with Gasteiger partial charge in [0.1, 0.15) is 0 Å². The molecule has 1 aromatic heterocycles. The van der Waals surface area contributed by atoms with Gasteiger partial charge in [0.15, 0.2) is 0 Å². The number of aromatic nitrogens is 2. The van der Waals surface area contributed by atoms with Crippen LogP contribution in [0.3, 0.4) is 0 Å². The third kappa shape index (κ3) is 3.03. The Labute approximate surface area is 113 Å². The summed E-state index contributed by atoms with van der Waals surface area (Å²) in [6.07, 6.45) is 6.13. The molecule has 4 heteroatoms. The minimum absolute atomic E-state index is 0.472. The van der Waals surface area contributed by atoms with Gasteiger partial charge in [-0.05, 0) is 30.5 Å². The van der Waals surface area contributed by atoms with Crippen molar-refractivity contribution in [1.82, 2.24) is 15.1 Å². The molecule has 4 nitrogen and oxygen atoms in total. The fraction of sp³-hybridized carbons (Fsp3) is 0.400. The fourth-order valence-electron chi connectivity index (χ4n) is 2.45. The van der Waals surface area contributed by atoms with E-state index in [1.54, 1.807) is 6.20 Å². The SMILES string of the molecule is c1ccc(-n2cccn2)c(CNC2CCCOC2)c1. The quantitative estimate of drug-likeness (QED) is 0.912. The Hall–Kier alpha value is -1.65. The smallest absolute Gasteiger partial charge is 0.0690 e. The second-order valence-corrected chi connectivity index (χ2v) is 4.87. The highest BCUT2D eigenvalue weighted by molar-refractivity contribution is 5.40. The maximum Gasteiger partial charge on any atom is 0.0690 e. The molecule has 1 aliphatic heterocycles. The van der Waals surface area contributed by atoms with E-state index in [-0.39, 0.29) is 0 Å². The minimum atomic E-state index is 0.472. The Balaban J connectivity index is 1.70. The van der Waals surface area contributed by atoms with Gasteiger partial charge >= 0.3 is 0 Å². The molecule has 1 unspecified atom stereocenters. The molecule has 1 fully saturated rings. The lowest BCUT2D eigenvalue weighted by Gasteiger charge is -2.23. The molecule has 0 amide bonds. The summed E-state index contributed by atoms with van der Waals surface area (Å²) in [7, 11) is 0. The summed E-state index contributed by atoms with van der Waals surface area (Å²) >= 11 is 0. The van der Waals surface area contributed by atoms with E-state index in [9.17, 15) is 0 Å². The second kappa shape index (κ2) is 5.99. The van der Waals surface area contributed by atoms with Gasteiger partial charge in [-0.15, -0.1) is 0 Å². The van der Waals surface area contributed by atoms with E-state index in [0.29, 0.717) is 6.04 Å². The average molecular weight is 257 g/mol. The van der Waals surface area contributed by atoms with Crippen molar-refractivity contribution < 1.29 is 4.74 Å². The zero-order valence-electron chi connectivity index (χ0n) is 11.0. The van der Waals surface area contributed by atoms with Gasteiger partial charge in [-0.1, -0.05) is 18.2 Å². The maximum atomic E-state index is 5.49. The van der Waals surface area contributed by atoms with Gasteiger partial charge in [0, 0.05) is 31.6 Å². The standard InChI is InChI=1S/C15H19N3O/c1-2-7-15(18-9-4-8-17-18)13(5-1)11-16-14-6-3-10-19-12-14/h1-2,4-5,7-9,14,16H,3,6,10-12H2. The van der Waals surface area contributed by atoms with Crippen LogP contribution in [0.5, 0.6) is 0 Å². The first kappa shape index (κ1) is 12.4. The van der Waals surface area contributed by atoms with E-state index >= 15 is 0 Å². The van der Waals surface area contributed by atoms with Crippen LogP contribution in [0, 0.1) is 0 Å². The fourth-order valence-corrected chi connectivity index (χ4v) is 2.45. The largest absolute Gasteiger partial charge is 0.380 e. The number of nitrogens with zero attached hydrogens (tertiary/aromatic N) is 2. The van der Waals surface area contributed by atoms with E-state index in [0.717, 1.165) is 31.9 Å². The molecule has 0 saturated carbocycles. The minimum Gasteiger partial charge on any atom is -0.380 e. The monoisotopic (exact) mass is 257 g/mol. The molecular weight excluding hydrogens is 238 g/mol. The molecule has 2 aromatic rings. The Morgan fingerprint density at radius 3 is 3.05 bits per heavy atom. The highest BCUT2D eigenvalue weighted by atomic mass is 16.5. The third-order valence-corrected chi connectivity index (χ3v) is 3.48. The van der Waals surface area contributed by atoms with Crippen molar-refractivity contribution in [2.75, 3.05) is 13.2 Å². The van der Waals surface area contributed by atoms with Crippen molar-refractivity contribution >= 4 is 0 Å². The second-order valence-electron chi connectivity index (χ2n) is 4.87. The highest BCUT2D eigenvalue weighted by Gasteiger charge is 2.13. The lowest BCUT2D eigenvalue weighted by molar-refractivity contribution is 0.0699. The first-order chi connectivity index (χ1) is 9.43. The molecule has 0 radical (unpaired) electrons. The zero-order chi connectivity index (χ0) is 12.9. The van der Waals surface area contributed by atoms with Gasteiger partial charge in [0.05, 0.1) is 12.3 Å². The van der Waals surface area contributed by atoms with E-state index in [2.05, 4.69) is 28.6 Å². The molecule has 100 valence electrons. The predicted molar refractivity (Wildman–Crippen MR) is 74.2 cm³/mol. The number of hydrogen-bond acceptors (Lipinski definition) is 3. The van der Waals surface area contributed by atoms with Crippen molar-refractivity contribution in [2.45, 2.75) is 25.4 Å². The molecule has 2 heterocycles. The summed E-state index contributed by atoms with van der Waals surface area (Å²) in [6.45, 7) is 2.58. The lowest BCUT2D eigenvalue weighted by Crippen LogP contribution is -2.36. The zero-order valence-corrected chi connectivity index (χ0v) is 11.0. The number of benzene rings is 1. The van der Waals surface area contributed by atoms with Gasteiger partial charge in [-0.25, -0.2) is 4.68 Å². The third-order valence-electron chi connectivity index (χ3n) is 3.48. The molecule has 1 aromatic carbocycles. The number of para-hydroxylation sites is 1. The molecule has 1 aliphatic rings. The van der Waals surface area contributed by atoms with Gasteiger partial charge < -0.3 is 10.1 Å². The lowest BCUT2D eigenvalue weighted by atomic mass is 10.1. The van der Waals surface area contributed by atoms with E-state index in [1.165, 1.54) is 12.0 Å². The van der Waals surface area contributed by atoms with Crippen LogP contribution < -0.4 is 5.32 Å². The molecule has 1 atom stereocenters. The molecule has 3 rings (SSSR count). The van der Waals surface area contributed by atoms with E-state index in [4.69, 9.17) is 4.74 Å². The Bertz CT molecular complexity index is 504. The Morgan fingerprint density at radius 2 is 2.26 bits per heavy atom. The van der Waals surface area contributed by atoms with Crippen molar-refractivity contribution in [1.29, 1.82) is 0 Å². The van der Waals surface area contributed by atoms with Crippen LogP contribution >= 0.6 is 0 Å². The van der Waals surface area contributed by atoms with Gasteiger partial charge in [0.25, 0.3) is 0 Å². The van der Waals surface area contributed by atoms with Crippen molar-refractivity contribution in [3.8, 4) is 5.69 Å². The van der Waals surface area contributed by atoms with Crippen molar-refractivity contribution in [3.63, 3.8) is 0 Å². The maximum absolute atomic E-state index is 5.49. The Kier molecular flexibility index (Phi) is 3.91. The molecule has 1 saturated heterocycles. The van der Waals surface area contributed by atoms with E-state index < -0.39 is 0 Å². The summed E-state index contributed by atoms with van der Waals surface area (Å²) < 4.78 is 7.40. The van der Waals surface area contributed by atoms with Gasteiger partial charge in [-0.2, -0.15) is 5.10 Å². The van der Waals surface area contributed by atoms with Crippen LogP contribution in [0.15, 0.2) is 42.7 Å². The van der Waals surface area contributed by atoms with Crippen LogP contribution in [0.25, 0.3) is 5.69 Å². The van der Waals surface area contributed by atoms with Crippen LogP contribution in [0.4, 0.5) is 0 Å². The summed E-state index contributed by atoms with van der Waals surface area (Å²) in [4.78, 5) is 0. The molecule has 0 spiro atoms. The number of ether oxygens (including phenoxy) is 1. The topological polar surface area (TPSA) is 39.1 Å². The number of hydrogen-bond donors (Lipinski definition) is 1. The van der Waals surface area contributed by atoms with Crippen LogP contribution in [-0.2, 0) is 11.3 Å². The predicted octanol–water partition coefficient (Wildman–Crippen LogP) is 2.14. The van der Waals surface area contributed by atoms with Crippen LogP contribution in [0.2, 0.25) is 0 Å². The summed E-state index contributed by atoms with van der Waals surface area (Å²) in [5.41, 5.74) is 2.40. The van der Waals surface area contributed by atoms with Gasteiger partial charge in [-0.3, -0.25) is 0 Å². The van der Waals surface area contributed by atoms with Crippen LogP contribution in [-0.4, -0.2) is 29.0 Å². The van der Waals surface area contributed by atoms with E-state index in [1.807, 2.05) is 23.0 Å². The van der Waals surface area contributed by atoms with Crippen LogP contribution in [0.1, 0.15) is 18.4 Å². The Morgan fingerprint density at radius 1 is 1.32 bits per heavy atom. The first-order valence-electron chi connectivity index (χ1n) is 6.82. The molecular formula is C15H19N3O. The normalized spacial score (nSPS) is 19.5. The summed E-state index contributed by atoms with van der Waals surface area (Å²) in [6, 6.07) is 10.8. The summed E-state index contributed by atoms with van der Waals surface area (Å²) in [5, 5.41) is 7.88. The number of nitrogens with one attached hydrogen (secondary N) is 1. The molecule has 0 aliphatic carbocycles. The molecule has 0 bridgehead atoms. The number of rotatable bonds is 4. The molecule has 19 heavy (non-hydrogen) atoms. The van der Waals surface area contributed by atoms with Crippen molar-refractivity contribution in [2.24, 2.45) is 0 Å². The summed E-state index contributed by atoms with van der Waals surface area (Å²) in [5.74, 6) is 0. The van der Waals surface area contributed by atoms with Gasteiger partial charge in [0.2, 0.25) is 0 Å². The molecule has 1 N–H and O–H groups in total. The first-order valence-corrected chi connectivity index (χ1v) is 6.82. The van der Waals surface area contributed by atoms with Crippen molar-refractivity contribution in [3.05, 3.63) is 48.3 Å². The highest BCUT2D eigenvalue weighted by Crippen LogP contribution is 2.14. The average Bonchev–Trinajstić information content (AvgIpc) is 3.01.